The maximum absolute atomic E-state index is 13.8. The van der Waals surface area contributed by atoms with E-state index >= 15 is 0 Å². The number of nitrogens with two attached hydrogens (primary N) is 1. The van der Waals surface area contributed by atoms with E-state index in [2.05, 4.69) is 26.6 Å². The summed E-state index contributed by atoms with van der Waals surface area (Å²) in [6, 6.07) is 12.2. The van der Waals surface area contributed by atoms with Gasteiger partial charge in [0.1, 0.15) is 24.2 Å². The number of aliphatic carboxylic acids is 3. The predicted molar refractivity (Wildman–Crippen MR) is 212 cm³/mol. The summed E-state index contributed by atoms with van der Waals surface area (Å²) in [5.74, 6) is -6.23. The monoisotopic (exact) mass is 811 g/mol. The Labute approximate surface area is 337 Å². The largest absolute Gasteiger partial charge is 0.481 e. The van der Waals surface area contributed by atoms with E-state index in [1.807, 2.05) is 79.8 Å². The summed E-state index contributed by atoms with van der Waals surface area (Å²) in [6.07, 6.45) is 0.113. The van der Waals surface area contributed by atoms with Crippen LogP contribution < -0.4 is 37.6 Å². The topological polar surface area (TPSA) is 295 Å². The number of hydrogen-bond acceptors (Lipinski definition) is 9. The number of hydrogen-bond donors (Lipinski definition) is 10. The summed E-state index contributed by atoms with van der Waals surface area (Å²) in [7, 11) is 0. The van der Waals surface area contributed by atoms with Crippen LogP contribution in [0, 0.1) is 11.8 Å². The second-order valence-electron chi connectivity index (χ2n) is 14.1. The molecular formula is C40H57N7O11. The zero-order valence-electron chi connectivity index (χ0n) is 32.9. The fourth-order valence-electron chi connectivity index (χ4n) is 6.09. The SMILES string of the molecule is CCC(CNC(=O)CCC(NC(=O)NC(CCC(=O)O)C(=O)O)C(=O)O)CC(C)CC(=O)NC(Cc1ccccc1)C(=O)NC(Cc1ccccc1)C(=O)NCCN. The average molecular weight is 812 g/mol. The molecule has 0 bridgehead atoms. The Kier molecular flexibility index (Phi) is 21.6. The van der Waals surface area contributed by atoms with E-state index in [0.29, 0.717) is 12.8 Å². The third-order valence-electron chi connectivity index (χ3n) is 9.24. The van der Waals surface area contributed by atoms with E-state index < -0.39 is 78.7 Å². The standard InChI is InChI=1S/C40H57N7O11/c1-3-26(24-43-33(48)16-14-29(38(54)55)46-40(58)47-30(39(56)57)15-17-35(50)51)20-25(2)21-34(49)44-32(23-28-12-8-5-9-13-28)37(53)45-31(36(52)42-19-18-41)22-27-10-6-4-7-11-27/h4-13,25-26,29-32H,3,14-24,41H2,1-2H3,(H,42,52)(H,43,48)(H,44,49)(H,45,53)(H,50,51)(H,54,55)(H,56,57)(H2,46,47,58). The van der Waals surface area contributed by atoms with Crippen LogP contribution in [0.2, 0.25) is 0 Å². The highest BCUT2D eigenvalue weighted by molar-refractivity contribution is 5.92. The second-order valence-corrected chi connectivity index (χ2v) is 14.1. The molecule has 6 amide bonds. The summed E-state index contributed by atoms with van der Waals surface area (Å²) in [4.78, 5) is 99.0. The quantitative estimate of drug-likeness (QED) is 0.0603. The number of carboxylic acids is 3. The lowest BCUT2D eigenvalue weighted by atomic mass is 9.91. The molecule has 0 saturated carbocycles. The summed E-state index contributed by atoms with van der Waals surface area (Å²) >= 11 is 0. The first-order valence-corrected chi connectivity index (χ1v) is 19.3. The molecule has 0 aliphatic heterocycles. The van der Waals surface area contributed by atoms with Gasteiger partial charge in [0.15, 0.2) is 0 Å². The molecule has 0 aliphatic rings. The van der Waals surface area contributed by atoms with Gasteiger partial charge in [0.25, 0.3) is 0 Å². The van der Waals surface area contributed by atoms with Crippen molar-refractivity contribution in [3.63, 3.8) is 0 Å². The molecule has 2 aromatic rings. The predicted octanol–water partition coefficient (Wildman–Crippen LogP) is 0.926. The highest BCUT2D eigenvalue weighted by atomic mass is 16.4. The van der Waals surface area contributed by atoms with Crippen molar-refractivity contribution in [2.75, 3.05) is 19.6 Å². The van der Waals surface area contributed by atoms with Crippen molar-refractivity contribution in [1.82, 2.24) is 31.9 Å². The first kappa shape index (κ1) is 48.1. The van der Waals surface area contributed by atoms with Crippen LogP contribution in [0.15, 0.2) is 60.7 Å². The molecule has 318 valence electrons. The van der Waals surface area contributed by atoms with Gasteiger partial charge < -0.3 is 53.0 Å². The molecule has 6 atom stereocenters. The van der Waals surface area contributed by atoms with Gasteiger partial charge in [-0.3, -0.25) is 24.0 Å². The van der Waals surface area contributed by atoms with Gasteiger partial charge in [0.05, 0.1) is 0 Å². The molecule has 58 heavy (non-hydrogen) atoms. The van der Waals surface area contributed by atoms with E-state index in [4.69, 9.17) is 10.8 Å². The van der Waals surface area contributed by atoms with Crippen molar-refractivity contribution in [3.05, 3.63) is 71.8 Å². The van der Waals surface area contributed by atoms with Gasteiger partial charge in [-0.2, -0.15) is 0 Å². The molecule has 0 aliphatic carbocycles. The van der Waals surface area contributed by atoms with Crippen LogP contribution in [-0.2, 0) is 46.4 Å². The fraction of sp³-hybridized carbons (Fsp3) is 0.500. The molecule has 18 heteroatoms. The molecule has 0 fully saturated rings. The Morgan fingerprint density at radius 1 is 0.638 bits per heavy atom. The maximum atomic E-state index is 13.8. The molecule has 0 radical (unpaired) electrons. The molecule has 2 rings (SSSR count). The summed E-state index contributed by atoms with van der Waals surface area (Å²) in [5.41, 5.74) is 7.22. The third-order valence-corrected chi connectivity index (χ3v) is 9.24. The van der Waals surface area contributed by atoms with Crippen molar-refractivity contribution in [1.29, 1.82) is 0 Å². The Bertz CT molecular complexity index is 1660. The summed E-state index contributed by atoms with van der Waals surface area (Å²) in [6.45, 7) is 4.47. The van der Waals surface area contributed by atoms with Gasteiger partial charge in [-0.05, 0) is 42.2 Å². The lowest BCUT2D eigenvalue weighted by Crippen LogP contribution is -2.55. The van der Waals surface area contributed by atoms with Crippen LogP contribution >= 0.6 is 0 Å². The van der Waals surface area contributed by atoms with Gasteiger partial charge in [0.2, 0.25) is 23.6 Å². The highest BCUT2D eigenvalue weighted by Crippen LogP contribution is 2.18. The van der Waals surface area contributed by atoms with Gasteiger partial charge in [0, 0.05) is 51.7 Å². The highest BCUT2D eigenvalue weighted by Gasteiger charge is 2.29. The van der Waals surface area contributed by atoms with E-state index in [-0.39, 0.29) is 69.5 Å². The van der Waals surface area contributed by atoms with E-state index in [1.165, 1.54) is 0 Å². The van der Waals surface area contributed by atoms with Gasteiger partial charge >= 0.3 is 23.9 Å². The fourth-order valence-corrected chi connectivity index (χ4v) is 6.09. The molecule has 0 saturated heterocycles. The zero-order chi connectivity index (χ0) is 43.0. The van der Waals surface area contributed by atoms with Crippen LogP contribution in [0.25, 0.3) is 0 Å². The minimum Gasteiger partial charge on any atom is -0.481 e. The first-order valence-electron chi connectivity index (χ1n) is 19.3. The average Bonchev–Trinajstić information content (AvgIpc) is 3.18. The number of amides is 6. The Morgan fingerprint density at radius 2 is 1.16 bits per heavy atom. The van der Waals surface area contributed by atoms with Crippen molar-refractivity contribution < 1.29 is 53.7 Å². The number of carbonyl (C=O) groups excluding carboxylic acids is 5. The van der Waals surface area contributed by atoms with E-state index in [9.17, 15) is 48.6 Å². The Balaban J connectivity index is 1.97. The minimum absolute atomic E-state index is 0.0566. The van der Waals surface area contributed by atoms with E-state index in [0.717, 1.165) is 11.1 Å². The lowest BCUT2D eigenvalue weighted by molar-refractivity contribution is -0.141. The maximum Gasteiger partial charge on any atom is 0.326 e. The molecule has 18 nitrogen and oxygen atoms in total. The van der Waals surface area contributed by atoms with Gasteiger partial charge in [-0.25, -0.2) is 14.4 Å². The molecule has 2 aromatic carbocycles. The molecule has 0 aromatic heterocycles. The number of urea groups is 1. The summed E-state index contributed by atoms with van der Waals surface area (Å²) < 4.78 is 0. The Hall–Kier alpha value is -6.04. The molecule has 0 heterocycles. The van der Waals surface area contributed by atoms with Crippen LogP contribution in [-0.4, -0.2) is 107 Å². The molecular weight excluding hydrogens is 754 g/mol. The molecule has 6 unspecified atom stereocenters. The van der Waals surface area contributed by atoms with Crippen molar-refractivity contribution in [2.45, 2.75) is 95.8 Å². The van der Waals surface area contributed by atoms with Crippen LogP contribution in [0.3, 0.4) is 0 Å². The van der Waals surface area contributed by atoms with Crippen molar-refractivity contribution in [3.8, 4) is 0 Å². The number of rotatable bonds is 27. The first-order chi connectivity index (χ1) is 27.6. The minimum atomic E-state index is -1.56. The van der Waals surface area contributed by atoms with Gasteiger partial charge in [-0.15, -0.1) is 0 Å². The summed E-state index contributed by atoms with van der Waals surface area (Å²) in [5, 5.41) is 42.9. The van der Waals surface area contributed by atoms with Crippen LogP contribution in [0.4, 0.5) is 4.79 Å². The van der Waals surface area contributed by atoms with Crippen LogP contribution in [0.1, 0.15) is 69.9 Å². The number of nitrogens with one attached hydrogen (secondary N) is 6. The zero-order valence-corrected chi connectivity index (χ0v) is 32.9. The van der Waals surface area contributed by atoms with Crippen LogP contribution in [0.5, 0.6) is 0 Å². The lowest BCUT2D eigenvalue weighted by Gasteiger charge is -2.25. The normalized spacial score (nSPS) is 13.9. The number of carbonyl (C=O) groups is 8. The number of benzene rings is 2. The Morgan fingerprint density at radius 3 is 1.64 bits per heavy atom. The number of carboxylic acid groups (broad SMARTS) is 3. The van der Waals surface area contributed by atoms with Crippen molar-refractivity contribution in [2.24, 2.45) is 17.6 Å². The van der Waals surface area contributed by atoms with Gasteiger partial charge in [-0.1, -0.05) is 80.9 Å². The molecule has 11 N–H and O–H groups in total. The van der Waals surface area contributed by atoms with E-state index in [1.54, 1.807) is 0 Å². The van der Waals surface area contributed by atoms with Crippen molar-refractivity contribution >= 4 is 47.6 Å². The smallest absolute Gasteiger partial charge is 0.326 e. The third kappa shape index (κ3) is 19.2. The molecule has 0 spiro atoms. The second kappa shape index (κ2) is 26.0.